The maximum Gasteiger partial charge on any atom is 0.219 e. The lowest BCUT2D eigenvalue weighted by Gasteiger charge is -2.32. The molecule has 1 unspecified atom stereocenters. The average Bonchev–Trinajstić information content (AvgIpc) is 2.46. The van der Waals surface area contributed by atoms with Crippen molar-refractivity contribution in [3.05, 3.63) is 0 Å². The third-order valence-electron chi connectivity index (χ3n) is 3.81. The molecule has 1 amide bonds. The molecule has 2 heterocycles. The van der Waals surface area contributed by atoms with Gasteiger partial charge in [-0.25, -0.2) is 0 Å². The predicted octanol–water partition coefficient (Wildman–Crippen LogP) is 1.23. The van der Waals surface area contributed by atoms with Gasteiger partial charge >= 0.3 is 0 Å². The molecule has 2 fully saturated rings. The number of nitrogens with zero attached hydrogens (tertiary/aromatic N) is 3. The van der Waals surface area contributed by atoms with Gasteiger partial charge in [-0.3, -0.25) is 9.79 Å². The molecule has 2 aliphatic rings. The van der Waals surface area contributed by atoms with Crippen LogP contribution in [0.3, 0.4) is 0 Å². The molecular weight excluding hydrogens is 387 g/mol. The number of thioether (sulfide) groups is 1. The molecule has 5 nitrogen and oxygen atoms in total. The summed E-state index contributed by atoms with van der Waals surface area (Å²) in [6.45, 7) is 6.13. The molecule has 2 rings (SSSR count). The zero-order valence-corrected chi connectivity index (χ0v) is 15.2. The highest BCUT2D eigenvalue weighted by Crippen LogP contribution is 2.17. The van der Waals surface area contributed by atoms with E-state index in [0.29, 0.717) is 11.9 Å². The van der Waals surface area contributed by atoms with Gasteiger partial charge in [0.05, 0.1) is 0 Å². The fourth-order valence-corrected chi connectivity index (χ4v) is 3.52. The van der Waals surface area contributed by atoms with Crippen molar-refractivity contribution in [1.29, 1.82) is 0 Å². The maximum atomic E-state index is 11.4. The monoisotopic (exact) mass is 412 g/mol. The van der Waals surface area contributed by atoms with E-state index >= 15 is 0 Å². The molecule has 0 saturated carbocycles. The SMILES string of the molecule is CC(=O)N1CCCC(CN=C(N)N2CCSCC2)C1.I. The van der Waals surface area contributed by atoms with E-state index in [-0.39, 0.29) is 29.9 Å². The van der Waals surface area contributed by atoms with E-state index in [1.807, 2.05) is 16.7 Å². The van der Waals surface area contributed by atoms with E-state index in [1.165, 1.54) is 0 Å². The Kier molecular flexibility index (Phi) is 8.01. The highest BCUT2D eigenvalue weighted by molar-refractivity contribution is 14.0. The molecule has 2 aliphatic heterocycles. The third kappa shape index (κ3) is 5.31. The second-order valence-corrected chi connectivity index (χ2v) is 6.50. The van der Waals surface area contributed by atoms with Crippen LogP contribution in [0.15, 0.2) is 4.99 Å². The van der Waals surface area contributed by atoms with Crippen molar-refractivity contribution in [2.75, 3.05) is 44.2 Å². The molecule has 2 saturated heterocycles. The van der Waals surface area contributed by atoms with Crippen LogP contribution in [0, 0.1) is 5.92 Å². The summed E-state index contributed by atoms with van der Waals surface area (Å²) in [5.41, 5.74) is 6.05. The van der Waals surface area contributed by atoms with Crippen LogP contribution < -0.4 is 5.73 Å². The van der Waals surface area contributed by atoms with Gasteiger partial charge in [-0.2, -0.15) is 11.8 Å². The van der Waals surface area contributed by atoms with Gasteiger partial charge in [-0.1, -0.05) is 0 Å². The minimum Gasteiger partial charge on any atom is -0.370 e. The van der Waals surface area contributed by atoms with Crippen molar-refractivity contribution in [2.45, 2.75) is 19.8 Å². The first-order valence-corrected chi connectivity index (χ1v) is 8.20. The number of amides is 1. The molecule has 20 heavy (non-hydrogen) atoms. The third-order valence-corrected chi connectivity index (χ3v) is 4.75. The van der Waals surface area contributed by atoms with E-state index in [0.717, 1.165) is 57.1 Å². The van der Waals surface area contributed by atoms with Crippen LogP contribution in [-0.4, -0.2) is 65.9 Å². The van der Waals surface area contributed by atoms with E-state index in [4.69, 9.17) is 5.73 Å². The number of hydrogen-bond acceptors (Lipinski definition) is 3. The summed E-state index contributed by atoms with van der Waals surface area (Å²) >= 11 is 1.97. The standard InChI is InChI=1S/C13H24N4OS.HI/c1-11(18)17-4-2-3-12(10-17)9-15-13(14)16-5-7-19-8-6-16;/h12H,2-10H2,1H3,(H2,14,15);1H. The zero-order chi connectivity index (χ0) is 13.7. The number of guanidine groups is 1. The van der Waals surface area contributed by atoms with Gasteiger partial charge in [0.2, 0.25) is 5.91 Å². The fraction of sp³-hybridized carbons (Fsp3) is 0.846. The average molecular weight is 412 g/mol. The van der Waals surface area contributed by atoms with Crippen LogP contribution >= 0.6 is 35.7 Å². The number of hydrogen-bond donors (Lipinski definition) is 1. The number of halogens is 1. The van der Waals surface area contributed by atoms with Gasteiger partial charge in [0.25, 0.3) is 0 Å². The number of likely N-dealkylation sites (tertiary alicyclic amines) is 1. The zero-order valence-electron chi connectivity index (χ0n) is 12.1. The van der Waals surface area contributed by atoms with Gasteiger partial charge in [-0.15, -0.1) is 24.0 Å². The Morgan fingerprint density at radius 3 is 2.65 bits per heavy atom. The Hall–Kier alpha value is -0.180. The highest BCUT2D eigenvalue weighted by Gasteiger charge is 2.21. The van der Waals surface area contributed by atoms with Gasteiger partial charge in [0, 0.05) is 51.2 Å². The smallest absolute Gasteiger partial charge is 0.219 e. The molecule has 1 atom stereocenters. The van der Waals surface area contributed by atoms with Crippen LogP contribution in [-0.2, 0) is 4.79 Å². The number of carbonyl (C=O) groups excluding carboxylic acids is 1. The number of piperidine rings is 1. The van der Waals surface area contributed by atoms with E-state index in [1.54, 1.807) is 6.92 Å². The first kappa shape index (κ1) is 17.9. The van der Waals surface area contributed by atoms with Gasteiger partial charge in [0.15, 0.2) is 5.96 Å². The molecule has 2 N–H and O–H groups in total. The molecule has 0 aliphatic carbocycles. The normalized spacial score (nSPS) is 24.2. The lowest BCUT2D eigenvalue weighted by atomic mass is 9.98. The minimum atomic E-state index is 0. The van der Waals surface area contributed by atoms with Crippen molar-refractivity contribution in [3.8, 4) is 0 Å². The number of aliphatic imine (C=N–C) groups is 1. The van der Waals surface area contributed by atoms with Gasteiger partial charge in [-0.05, 0) is 18.8 Å². The lowest BCUT2D eigenvalue weighted by molar-refractivity contribution is -0.130. The van der Waals surface area contributed by atoms with Gasteiger partial charge < -0.3 is 15.5 Å². The largest absolute Gasteiger partial charge is 0.370 e. The molecule has 0 spiro atoms. The van der Waals surface area contributed by atoms with Crippen LogP contribution in [0.2, 0.25) is 0 Å². The molecule has 0 bridgehead atoms. The van der Waals surface area contributed by atoms with E-state index < -0.39 is 0 Å². The second kappa shape index (κ2) is 8.96. The first-order valence-electron chi connectivity index (χ1n) is 7.05. The summed E-state index contributed by atoms with van der Waals surface area (Å²) < 4.78 is 0. The van der Waals surface area contributed by atoms with Crippen molar-refractivity contribution in [2.24, 2.45) is 16.6 Å². The van der Waals surface area contributed by atoms with Crippen LogP contribution in [0.4, 0.5) is 0 Å². The van der Waals surface area contributed by atoms with Crippen molar-refractivity contribution >= 4 is 47.6 Å². The summed E-state index contributed by atoms with van der Waals surface area (Å²) in [4.78, 5) is 20.0. The summed E-state index contributed by atoms with van der Waals surface area (Å²) in [5.74, 6) is 3.60. The van der Waals surface area contributed by atoms with Crippen molar-refractivity contribution in [1.82, 2.24) is 9.80 Å². The summed E-state index contributed by atoms with van der Waals surface area (Å²) in [6, 6.07) is 0. The molecular formula is C13H25IN4OS. The summed E-state index contributed by atoms with van der Waals surface area (Å²) in [5, 5.41) is 0. The predicted molar refractivity (Wildman–Crippen MR) is 95.8 cm³/mol. The highest BCUT2D eigenvalue weighted by atomic mass is 127. The topological polar surface area (TPSA) is 61.9 Å². The molecule has 0 aromatic rings. The quantitative estimate of drug-likeness (QED) is 0.421. The molecule has 0 radical (unpaired) electrons. The molecule has 0 aromatic carbocycles. The number of carbonyl (C=O) groups is 1. The summed E-state index contributed by atoms with van der Waals surface area (Å²) in [6.07, 6.45) is 2.23. The minimum absolute atomic E-state index is 0. The van der Waals surface area contributed by atoms with Crippen molar-refractivity contribution in [3.63, 3.8) is 0 Å². The van der Waals surface area contributed by atoms with Crippen LogP contribution in [0.25, 0.3) is 0 Å². The van der Waals surface area contributed by atoms with E-state index in [2.05, 4.69) is 9.89 Å². The van der Waals surface area contributed by atoms with E-state index in [9.17, 15) is 4.79 Å². The molecule has 7 heteroatoms. The van der Waals surface area contributed by atoms with Gasteiger partial charge in [0.1, 0.15) is 0 Å². The van der Waals surface area contributed by atoms with Crippen LogP contribution in [0.5, 0.6) is 0 Å². The Balaban J connectivity index is 0.00000200. The van der Waals surface area contributed by atoms with Crippen molar-refractivity contribution < 1.29 is 4.79 Å². The van der Waals surface area contributed by atoms with Crippen LogP contribution in [0.1, 0.15) is 19.8 Å². The number of rotatable bonds is 2. The molecule has 116 valence electrons. The summed E-state index contributed by atoms with van der Waals surface area (Å²) in [7, 11) is 0. The Morgan fingerprint density at radius 1 is 1.30 bits per heavy atom. The lowest BCUT2D eigenvalue weighted by Crippen LogP contribution is -2.43. The first-order chi connectivity index (χ1) is 9.16. The Morgan fingerprint density at radius 2 is 2.00 bits per heavy atom. The fourth-order valence-electron chi connectivity index (χ4n) is 2.62. The molecule has 0 aromatic heterocycles. The number of nitrogens with two attached hydrogens (primary N) is 1. The maximum absolute atomic E-state index is 11.4. The Labute approximate surface area is 142 Å². The second-order valence-electron chi connectivity index (χ2n) is 5.27. The Bertz CT molecular complexity index is 347.